The van der Waals surface area contributed by atoms with Gasteiger partial charge in [0, 0.05) is 6.42 Å². The molecule has 0 spiro atoms. The van der Waals surface area contributed by atoms with Crippen LogP contribution in [0.1, 0.15) is 23.7 Å². The van der Waals surface area contributed by atoms with Gasteiger partial charge in [-0.2, -0.15) is 13.2 Å². The predicted molar refractivity (Wildman–Crippen MR) is 102 cm³/mol. The Morgan fingerprint density at radius 2 is 1.39 bits per heavy atom. The first kappa shape index (κ1) is 25.9. The van der Waals surface area contributed by atoms with Crippen molar-refractivity contribution in [3.63, 3.8) is 0 Å². The fraction of sp³-hybridized carbons (Fsp3) is 0.300. The zero-order valence-electron chi connectivity index (χ0n) is 16.1. The molecule has 2 aromatic rings. The van der Waals surface area contributed by atoms with E-state index in [0.29, 0.717) is 18.7 Å². The molecule has 8 nitrogen and oxygen atoms in total. The number of hydrogen-bond acceptors (Lipinski definition) is 6. The van der Waals surface area contributed by atoms with Crippen molar-refractivity contribution in [1.82, 2.24) is 0 Å². The zero-order valence-corrected chi connectivity index (χ0v) is 16.1. The van der Waals surface area contributed by atoms with Crippen LogP contribution in [0.15, 0.2) is 54.6 Å². The lowest BCUT2D eigenvalue weighted by atomic mass is 10.1. The first-order chi connectivity index (χ1) is 14.5. The number of aliphatic carboxylic acids is 2. The number of rotatable bonds is 8. The zero-order chi connectivity index (χ0) is 23.6. The van der Waals surface area contributed by atoms with Crippen LogP contribution in [-0.2, 0) is 15.8 Å². The van der Waals surface area contributed by atoms with E-state index in [1.165, 1.54) is 12.1 Å². The van der Waals surface area contributed by atoms with Gasteiger partial charge in [-0.05, 0) is 36.4 Å². The average molecular weight is 445 g/mol. The second-order valence-corrected chi connectivity index (χ2v) is 6.18. The molecule has 0 bridgehead atoms. The summed E-state index contributed by atoms with van der Waals surface area (Å²) in [7, 11) is 0. The van der Waals surface area contributed by atoms with Crippen LogP contribution in [0.2, 0.25) is 0 Å². The van der Waals surface area contributed by atoms with Gasteiger partial charge in [0.05, 0.1) is 5.56 Å². The van der Waals surface area contributed by atoms with E-state index in [-0.39, 0.29) is 6.10 Å². The first-order valence-corrected chi connectivity index (χ1v) is 8.88. The van der Waals surface area contributed by atoms with Crippen LogP contribution in [0, 0.1) is 0 Å². The molecule has 0 aliphatic carbocycles. The topological polar surface area (TPSA) is 150 Å². The highest BCUT2D eigenvalue weighted by Gasteiger charge is 2.30. The summed E-state index contributed by atoms with van der Waals surface area (Å²) in [5.74, 6) is -3.14. The normalized spacial score (nSPS) is 13.9. The summed E-state index contributed by atoms with van der Waals surface area (Å²) < 4.78 is 43.3. The van der Waals surface area contributed by atoms with E-state index in [4.69, 9.17) is 30.9 Å². The number of aliphatic hydroxyl groups excluding tert-OH is 2. The van der Waals surface area contributed by atoms with E-state index >= 15 is 0 Å². The van der Waals surface area contributed by atoms with Crippen molar-refractivity contribution < 1.29 is 47.9 Å². The van der Waals surface area contributed by atoms with Gasteiger partial charge < -0.3 is 30.9 Å². The number of nitrogens with two attached hydrogens (primary N) is 1. The summed E-state index contributed by atoms with van der Waals surface area (Å²) >= 11 is 0. The standard InChI is InChI=1S/C16H16F3NO.C4H6O6/c17-16(18,19)13-6-8-14(9-7-13)21-15(10-11-20)12-4-2-1-3-5-12;5-1(3(7)8)2(6)4(9)10/h1-9,15H,10-11,20H2;1-2,5-6H,(H,7,8)(H,9,10)/t15-;1-,2+/m1./s1. The molecule has 0 aromatic heterocycles. The Balaban J connectivity index is 0.000000407. The third-order valence-electron chi connectivity index (χ3n) is 3.87. The summed E-state index contributed by atoms with van der Waals surface area (Å²) in [5, 5.41) is 32.5. The number of carboxylic acids is 2. The molecular weight excluding hydrogens is 423 g/mol. The molecule has 0 heterocycles. The number of benzene rings is 2. The van der Waals surface area contributed by atoms with Crippen LogP contribution in [0.4, 0.5) is 13.2 Å². The molecule has 0 saturated carbocycles. The maximum Gasteiger partial charge on any atom is 0.416 e. The summed E-state index contributed by atoms with van der Waals surface area (Å²) in [4.78, 5) is 19.5. The summed E-state index contributed by atoms with van der Waals surface area (Å²) in [6.07, 6.45) is -8.55. The van der Waals surface area contributed by atoms with Gasteiger partial charge in [0.25, 0.3) is 0 Å². The summed E-state index contributed by atoms with van der Waals surface area (Å²) in [6.45, 7) is 0.431. The molecule has 3 atom stereocenters. The molecule has 0 unspecified atom stereocenters. The second-order valence-electron chi connectivity index (χ2n) is 6.18. The summed E-state index contributed by atoms with van der Waals surface area (Å²) in [6, 6.07) is 14.2. The second kappa shape index (κ2) is 11.9. The average Bonchev–Trinajstić information content (AvgIpc) is 2.73. The van der Waals surface area contributed by atoms with Gasteiger partial charge in [-0.15, -0.1) is 0 Å². The third-order valence-corrected chi connectivity index (χ3v) is 3.87. The van der Waals surface area contributed by atoms with Crippen molar-refractivity contribution in [2.75, 3.05) is 6.54 Å². The highest BCUT2D eigenvalue weighted by molar-refractivity contribution is 5.83. The third kappa shape index (κ3) is 8.62. The fourth-order valence-electron chi connectivity index (χ4n) is 2.27. The van der Waals surface area contributed by atoms with E-state index in [2.05, 4.69) is 0 Å². The van der Waals surface area contributed by atoms with Gasteiger partial charge in [-0.3, -0.25) is 0 Å². The van der Waals surface area contributed by atoms with Gasteiger partial charge in [0.1, 0.15) is 11.9 Å². The maximum absolute atomic E-state index is 12.5. The molecule has 31 heavy (non-hydrogen) atoms. The van der Waals surface area contributed by atoms with Crippen molar-refractivity contribution >= 4 is 11.9 Å². The number of halogens is 3. The molecule has 11 heteroatoms. The van der Waals surface area contributed by atoms with Crippen molar-refractivity contribution in [2.45, 2.75) is 30.9 Å². The van der Waals surface area contributed by atoms with Crippen LogP contribution >= 0.6 is 0 Å². The van der Waals surface area contributed by atoms with Crippen LogP contribution in [0.3, 0.4) is 0 Å². The molecule has 0 radical (unpaired) electrons. The minimum atomic E-state index is -4.34. The number of hydrogen-bond donors (Lipinski definition) is 5. The first-order valence-electron chi connectivity index (χ1n) is 8.88. The van der Waals surface area contributed by atoms with Gasteiger partial charge in [0.2, 0.25) is 0 Å². The number of aliphatic hydroxyl groups is 2. The van der Waals surface area contributed by atoms with Crippen molar-refractivity contribution in [2.24, 2.45) is 5.73 Å². The molecule has 2 aromatic carbocycles. The largest absolute Gasteiger partial charge is 0.486 e. The number of carbonyl (C=O) groups is 2. The van der Waals surface area contributed by atoms with E-state index in [0.717, 1.165) is 17.7 Å². The number of ether oxygens (including phenoxy) is 1. The molecule has 0 amide bonds. The predicted octanol–water partition coefficient (Wildman–Crippen LogP) is 2.05. The van der Waals surface area contributed by atoms with Crippen LogP contribution in [0.25, 0.3) is 0 Å². The van der Waals surface area contributed by atoms with Gasteiger partial charge in [-0.1, -0.05) is 30.3 Å². The molecule has 0 saturated heterocycles. The van der Waals surface area contributed by atoms with Crippen LogP contribution in [-0.4, -0.2) is 51.1 Å². The molecule has 2 rings (SSSR count). The van der Waals surface area contributed by atoms with Crippen LogP contribution < -0.4 is 10.5 Å². The molecule has 0 fully saturated rings. The SMILES string of the molecule is NCC[C@@H](Oc1ccc(C(F)(F)F)cc1)c1ccccc1.O=C(O)[C@@H](O)[C@@H](O)C(=O)O. The Bertz CT molecular complexity index is 811. The van der Waals surface area contributed by atoms with E-state index < -0.39 is 35.9 Å². The lowest BCUT2D eigenvalue weighted by Crippen LogP contribution is -2.39. The lowest BCUT2D eigenvalue weighted by Gasteiger charge is -2.19. The van der Waals surface area contributed by atoms with E-state index in [1.807, 2.05) is 30.3 Å². The highest BCUT2D eigenvalue weighted by atomic mass is 19.4. The number of carboxylic acid groups (broad SMARTS) is 2. The van der Waals surface area contributed by atoms with E-state index in [1.54, 1.807) is 0 Å². The van der Waals surface area contributed by atoms with Crippen LogP contribution in [0.5, 0.6) is 5.75 Å². The molecule has 0 aliphatic heterocycles. The monoisotopic (exact) mass is 445 g/mol. The van der Waals surface area contributed by atoms with Gasteiger partial charge >= 0.3 is 18.1 Å². The highest BCUT2D eigenvalue weighted by Crippen LogP contribution is 2.31. The van der Waals surface area contributed by atoms with Crippen molar-refractivity contribution in [1.29, 1.82) is 0 Å². The quantitative estimate of drug-likeness (QED) is 0.414. The molecule has 0 aliphatic rings. The Kier molecular flexibility index (Phi) is 9.93. The molecule has 170 valence electrons. The van der Waals surface area contributed by atoms with Gasteiger partial charge in [-0.25, -0.2) is 9.59 Å². The molecule has 6 N–H and O–H groups in total. The lowest BCUT2D eigenvalue weighted by molar-refractivity contribution is -0.165. The molecular formula is C20H22F3NO7. The summed E-state index contributed by atoms with van der Waals surface area (Å²) in [5.41, 5.74) is 5.83. The van der Waals surface area contributed by atoms with E-state index in [9.17, 15) is 22.8 Å². The minimum absolute atomic E-state index is 0.270. The smallest absolute Gasteiger partial charge is 0.416 e. The Morgan fingerprint density at radius 3 is 1.77 bits per heavy atom. The Hall–Kier alpha value is -3.15. The van der Waals surface area contributed by atoms with Crippen molar-refractivity contribution in [3.05, 3.63) is 65.7 Å². The fourth-order valence-corrected chi connectivity index (χ4v) is 2.27. The Morgan fingerprint density at radius 1 is 0.903 bits per heavy atom. The maximum atomic E-state index is 12.5. The van der Waals surface area contributed by atoms with Crippen molar-refractivity contribution in [3.8, 4) is 5.75 Å². The van der Waals surface area contributed by atoms with Gasteiger partial charge in [0.15, 0.2) is 12.2 Å². The number of alkyl halides is 3. The Labute approximate surface area is 175 Å². The minimum Gasteiger partial charge on any atom is -0.486 e.